The van der Waals surface area contributed by atoms with Gasteiger partial charge in [0.25, 0.3) is 0 Å². The minimum absolute atomic E-state index is 0.240. The maximum absolute atomic E-state index is 11.6. The number of esters is 1. The van der Waals surface area contributed by atoms with Crippen LogP contribution in [-0.2, 0) is 11.2 Å². The molecule has 1 aromatic carbocycles. The molecule has 1 aliphatic heterocycles. The Morgan fingerprint density at radius 3 is 2.90 bits per heavy atom. The van der Waals surface area contributed by atoms with Crippen molar-refractivity contribution >= 4 is 5.97 Å². The summed E-state index contributed by atoms with van der Waals surface area (Å²) in [6.45, 7) is 3.33. The van der Waals surface area contributed by atoms with Gasteiger partial charge in [0.15, 0.2) is 0 Å². The monoisotopic (exact) mass is 274 g/mol. The van der Waals surface area contributed by atoms with E-state index in [2.05, 4.69) is 22.9 Å². The van der Waals surface area contributed by atoms with Crippen LogP contribution >= 0.6 is 0 Å². The van der Waals surface area contributed by atoms with E-state index in [1.807, 2.05) is 12.1 Å². The van der Waals surface area contributed by atoms with Crippen molar-refractivity contribution in [3.8, 4) is 0 Å². The van der Waals surface area contributed by atoms with Gasteiger partial charge in [-0.2, -0.15) is 0 Å². The fourth-order valence-corrected chi connectivity index (χ4v) is 3.42. The van der Waals surface area contributed by atoms with Crippen molar-refractivity contribution in [1.82, 2.24) is 9.80 Å². The summed E-state index contributed by atoms with van der Waals surface area (Å²) in [5.41, 5.74) is 3.39. The van der Waals surface area contributed by atoms with Crippen molar-refractivity contribution in [2.45, 2.75) is 25.3 Å². The van der Waals surface area contributed by atoms with Gasteiger partial charge in [-0.25, -0.2) is 4.79 Å². The Hall–Kier alpha value is -1.39. The quantitative estimate of drug-likeness (QED) is 0.773. The summed E-state index contributed by atoms with van der Waals surface area (Å²) in [5.74, 6) is -0.240. The van der Waals surface area contributed by atoms with E-state index in [0.29, 0.717) is 11.6 Å². The first kappa shape index (κ1) is 13.6. The average Bonchev–Trinajstić information content (AvgIpc) is 2.91. The SMILES string of the molecule is COC(=O)c1ccc2c(c1)CCCC2N1CCN(C)C1. The molecule has 1 aliphatic carbocycles. The fraction of sp³-hybridized carbons (Fsp3) is 0.562. The van der Waals surface area contributed by atoms with Gasteiger partial charge in [-0.3, -0.25) is 9.80 Å². The highest BCUT2D eigenvalue weighted by atomic mass is 16.5. The minimum Gasteiger partial charge on any atom is -0.465 e. The predicted octanol–water partition coefficient (Wildman–Crippen LogP) is 2.06. The molecule has 0 aromatic heterocycles. The molecule has 0 amide bonds. The molecule has 0 spiro atoms. The molecule has 0 bridgehead atoms. The largest absolute Gasteiger partial charge is 0.465 e. The summed E-state index contributed by atoms with van der Waals surface area (Å²) in [6, 6.07) is 6.56. The van der Waals surface area contributed by atoms with Crippen LogP contribution in [0.5, 0.6) is 0 Å². The molecule has 0 N–H and O–H groups in total. The smallest absolute Gasteiger partial charge is 0.337 e. The number of ether oxygens (including phenoxy) is 1. The Labute approximate surface area is 120 Å². The summed E-state index contributed by atoms with van der Waals surface area (Å²) in [6.07, 6.45) is 3.49. The molecule has 2 aliphatic rings. The van der Waals surface area contributed by atoms with E-state index < -0.39 is 0 Å². The van der Waals surface area contributed by atoms with Crippen molar-refractivity contribution in [2.24, 2.45) is 0 Å². The first-order chi connectivity index (χ1) is 9.69. The van der Waals surface area contributed by atoms with Gasteiger partial charge in [0.2, 0.25) is 0 Å². The lowest BCUT2D eigenvalue weighted by molar-refractivity contribution is 0.0600. The van der Waals surface area contributed by atoms with Crippen LogP contribution in [0.15, 0.2) is 18.2 Å². The maximum Gasteiger partial charge on any atom is 0.337 e. The van der Waals surface area contributed by atoms with Crippen molar-refractivity contribution in [3.05, 3.63) is 34.9 Å². The van der Waals surface area contributed by atoms with Gasteiger partial charge in [-0.15, -0.1) is 0 Å². The van der Waals surface area contributed by atoms with E-state index in [-0.39, 0.29) is 5.97 Å². The van der Waals surface area contributed by atoms with Gasteiger partial charge >= 0.3 is 5.97 Å². The highest BCUT2D eigenvalue weighted by Gasteiger charge is 2.29. The third kappa shape index (κ3) is 2.45. The molecule has 0 saturated carbocycles. The van der Waals surface area contributed by atoms with Crippen LogP contribution in [0.1, 0.15) is 40.4 Å². The van der Waals surface area contributed by atoms with Crippen molar-refractivity contribution in [2.75, 3.05) is 33.9 Å². The van der Waals surface area contributed by atoms with E-state index in [1.165, 1.54) is 31.1 Å². The van der Waals surface area contributed by atoms with Gasteiger partial charge < -0.3 is 4.74 Å². The molecule has 4 nitrogen and oxygen atoms in total. The Balaban J connectivity index is 1.87. The number of hydrogen-bond acceptors (Lipinski definition) is 4. The number of carbonyl (C=O) groups excluding carboxylic acids is 1. The van der Waals surface area contributed by atoms with E-state index in [0.717, 1.165) is 26.2 Å². The van der Waals surface area contributed by atoms with Crippen LogP contribution in [0, 0.1) is 0 Å². The van der Waals surface area contributed by atoms with Crippen LogP contribution in [0.2, 0.25) is 0 Å². The van der Waals surface area contributed by atoms with Crippen molar-refractivity contribution < 1.29 is 9.53 Å². The molecule has 4 heteroatoms. The van der Waals surface area contributed by atoms with Crippen LogP contribution in [0.4, 0.5) is 0 Å². The number of rotatable bonds is 2. The van der Waals surface area contributed by atoms with Gasteiger partial charge in [0.05, 0.1) is 19.3 Å². The first-order valence-electron chi connectivity index (χ1n) is 7.33. The number of likely N-dealkylation sites (N-methyl/N-ethyl adjacent to an activating group) is 1. The number of fused-ring (bicyclic) bond motifs is 1. The zero-order chi connectivity index (χ0) is 14.1. The maximum atomic E-state index is 11.6. The van der Waals surface area contributed by atoms with Gasteiger partial charge in [-0.05, 0) is 49.6 Å². The van der Waals surface area contributed by atoms with Crippen LogP contribution in [0.25, 0.3) is 0 Å². The summed E-state index contributed by atoms with van der Waals surface area (Å²) in [7, 11) is 3.61. The average molecular weight is 274 g/mol. The highest BCUT2D eigenvalue weighted by molar-refractivity contribution is 5.89. The second-order valence-electron chi connectivity index (χ2n) is 5.85. The molecule has 20 heavy (non-hydrogen) atoms. The Morgan fingerprint density at radius 2 is 2.20 bits per heavy atom. The number of aryl methyl sites for hydroxylation is 1. The van der Waals surface area contributed by atoms with Gasteiger partial charge in [0.1, 0.15) is 0 Å². The van der Waals surface area contributed by atoms with Gasteiger partial charge in [-0.1, -0.05) is 6.07 Å². The number of hydrogen-bond donors (Lipinski definition) is 0. The Morgan fingerprint density at radius 1 is 1.35 bits per heavy atom. The first-order valence-corrected chi connectivity index (χ1v) is 7.33. The third-order valence-electron chi connectivity index (χ3n) is 4.48. The van der Waals surface area contributed by atoms with Crippen LogP contribution in [-0.4, -0.2) is 49.7 Å². The predicted molar refractivity (Wildman–Crippen MR) is 77.7 cm³/mol. The summed E-state index contributed by atoms with van der Waals surface area (Å²) in [4.78, 5) is 16.6. The van der Waals surface area contributed by atoms with E-state index in [9.17, 15) is 4.79 Å². The lowest BCUT2D eigenvalue weighted by Crippen LogP contribution is -2.30. The molecule has 1 fully saturated rings. The number of nitrogens with zero attached hydrogens (tertiary/aromatic N) is 2. The van der Waals surface area contributed by atoms with Crippen molar-refractivity contribution in [1.29, 1.82) is 0 Å². The molecule has 1 aromatic rings. The molecular formula is C16H22N2O2. The zero-order valence-corrected chi connectivity index (χ0v) is 12.3. The topological polar surface area (TPSA) is 32.8 Å². The molecular weight excluding hydrogens is 252 g/mol. The Bertz CT molecular complexity index is 515. The fourth-order valence-electron chi connectivity index (χ4n) is 3.42. The summed E-state index contributed by atoms with van der Waals surface area (Å²) < 4.78 is 4.81. The number of carbonyl (C=O) groups is 1. The second kappa shape index (κ2) is 5.54. The molecule has 1 heterocycles. The molecule has 108 valence electrons. The molecule has 1 unspecified atom stereocenters. The molecule has 1 atom stereocenters. The zero-order valence-electron chi connectivity index (χ0n) is 12.3. The van der Waals surface area contributed by atoms with Crippen LogP contribution in [0.3, 0.4) is 0 Å². The standard InChI is InChI=1S/C16H22N2O2/c1-17-8-9-18(11-17)15-5-3-4-12-10-13(16(19)20-2)6-7-14(12)15/h6-7,10,15H,3-5,8-9,11H2,1-2H3. The number of methoxy groups -OCH3 is 1. The highest BCUT2D eigenvalue weighted by Crippen LogP contribution is 2.35. The molecule has 1 saturated heterocycles. The lowest BCUT2D eigenvalue weighted by Gasteiger charge is -2.33. The Kier molecular flexibility index (Phi) is 3.76. The summed E-state index contributed by atoms with van der Waals surface area (Å²) in [5, 5.41) is 0. The van der Waals surface area contributed by atoms with Crippen LogP contribution < -0.4 is 0 Å². The normalized spacial score (nSPS) is 23.6. The third-order valence-corrected chi connectivity index (χ3v) is 4.48. The van der Waals surface area contributed by atoms with E-state index in [4.69, 9.17) is 4.74 Å². The molecule has 0 radical (unpaired) electrons. The minimum atomic E-state index is -0.240. The van der Waals surface area contributed by atoms with Crippen molar-refractivity contribution in [3.63, 3.8) is 0 Å². The molecule has 3 rings (SSSR count). The van der Waals surface area contributed by atoms with E-state index >= 15 is 0 Å². The lowest BCUT2D eigenvalue weighted by atomic mass is 9.86. The second-order valence-corrected chi connectivity index (χ2v) is 5.85. The van der Waals surface area contributed by atoms with Gasteiger partial charge in [0, 0.05) is 19.1 Å². The van der Waals surface area contributed by atoms with E-state index in [1.54, 1.807) is 0 Å². The summed E-state index contributed by atoms with van der Waals surface area (Å²) >= 11 is 0. The number of benzene rings is 1.